The largest absolute Gasteiger partial charge is 0.337 e. The molecule has 6 nitrogen and oxygen atoms in total. The Hall–Kier alpha value is -3.02. The lowest BCUT2D eigenvalue weighted by Crippen LogP contribution is -2.40. The fourth-order valence-corrected chi connectivity index (χ4v) is 3.51. The van der Waals surface area contributed by atoms with Gasteiger partial charge in [0.2, 0.25) is 0 Å². The van der Waals surface area contributed by atoms with Crippen molar-refractivity contribution in [2.24, 2.45) is 0 Å². The predicted octanol–water partition coefficient (Wildman–Crippen LogP) is 2.74. The zero-order valence-electron chi connectivity index (χ0n) is 14.5. The number of hydrogen-bond acceptors (Lipinski definition) is 4. The van der Waals surface area contributed by atoms with Crippen molar-refractivity contribution in [1.82, 2.24) is 24.6 Å². The number of nitrogens with zero attached hydrogens (tertiary/aromatic N) is 5. The fourth-order valence-electron chi connectivity index (χ4n) is 3.51. The summed E-state index contributed by atoms with van der Waals surface area (Å²) >= 11 is 0. The Morgan fingerprint density at radius 3 is 2.77 bits per heavy atom. The van der Waals surface area contributed by atoms with Crippen molar-refractivity contribution >= 4 is 5.91 Å². The number of rotatable bonds is 4. The Bertz CT molecular complexity index is 862. The van der Waals surface area contributed by atoms with Crippen LogP contribution in [0.2, 0.25) is 0 Å². The second-order valence-corrected chi connectivity index (χ2v) is 6.61. The molecular weight excluding hydrogens is 326 g/mol. The molecule has 1 aliphatic heterocycles. The van der Waals surface area contributed by atoms with E-state index in [1.807, 2.05) is 35.2 Å². The lowest BCUT2D eigenvalue weighted by atomic mass is 9.96. The molecule has 1 aliphatic rings. The van der Waals surface area contributed by atoms with Gasteiger partial charge in [-0.15, -0.1) is 10.2 Å². The Kier molecular flexibility index (Phi) is 4.73. The van der Waals surface area contributed by atoms with E-state index in [9.17, 15) is 4.79 Å². The number of amides is 1. The zero-order chi connectivity index (χ0) is 17.8. The van der Waals surface area contributed by atoms with Crippen molar-refractivity contribution in [3.8, 4) is 0 Å². The van der Waals surface area contributed by atoms with E-state index in [2.05, 4.69) is 31.9 Å². The van der Waals surface area contributed by atoms with E-state index in [0.717, 1.165) is 31.8 Å². The van der Waals surface area contributed by atoms with Gasteiger partial charge in [0.05, 0.1) is 6.54 Å². The van der Waals surface area contributed by atoms with Gasteiger partial charge < -0.3 is 9.47 Å². The van der Waals surface area contributed by atoms with Gasteiger partial charge in [-0.05, 0) is 30.5 Å². The average Bonchev–Trinajstić information content (AvgIpc) is 3.17. The minimum absolute atomic E-state index is 0.00979. The van der Waals surface area contributed by atoms with Crippen LogP contribution < -0.4 is 0 Å². The molecule has 0 radical (unpaired) electrons. The molecule has 0 bridgehead atoms. The van der Waals surface area contributed by atoms with E-state index in [1.165, 1.54) is 5.56 Å². The maximum absolute atomic E-state index is 12.7. The summed E-state index contributed by atoms with van der Waals surface area (Å²) in [6.07, 6.45) is 5.41. The normalized spacial score (nSPS) is 17.2. The Morgan fingerprint density at radius 2 is 1.96 bits per heavy atom. The van der Waals surface area contributed by atoms with E-state index in [1.54, 1.807) is 18.6 Å². The molecular formula is C20H21N5O. The molecule has 4 rings (SSSR count). The van der Waals surface area contributed by atoms with Crippen LogP contribution in [0, 0.1) is 0 Å². The first kappa shape index (κ1) is 16.4. The molecule has 0 N–H and O–H groups in total. The highest BCUT2D eigenvalue weighted by atomic mass is 16.2. The second-order valence-electron chi connectivity index (χ2n) is 6.61. The minimum atomic E-state index is -0.00979. The monoisotopic (exact) mass is 347 g/mol. The maximum Gasteiger partial charge on any atom is 0.272 e. The number of carbonyl (C=O) groups excluding carboxylic acids is 1. The van der Waals surface area contributed by atoms with Crippen molar-refractivity contribution in [2.45, 2.75) is 25.3 Å². The van der Waals surface area contributed by atoms with Gasteiger partial charge in [-0.25, -0.2) is 0 Å². The van der Waals surface area contributed by atoms with Crippen LogP contribution in [0.4, 0.5) is 0 Å². The Labute approximate surface area is 152 Å². The smallest absolute Gasteiger partial charge is 0.272 e. The number of piperidine rings is 1. The molecule has 1 saturated heterocycles. The van der Waals surface area contributed by atoms with Crippen LogP contribution in [0.15, 0.2) is 61.1 Å². The topological polar surface area (TPSA) is 63.9 Å². The molecule has 3 heterocycles. The summed E-state index contributed by atoms with van der Waals surface area (Å²) in [5.41, 5.74) is 1.71. The Balaban J connectivity index is 1.50. The lowest BCUT2D eigenvalue weighted by Gasteiger charge is -2.32. The van der Waals surface area contributed by atoms with Gasteiger partial charge in [0.25, 0.3) is 5.91 Å². The maximum atomic E-state index is 12.7. The van der Waals surface area contributed by atoms with E-state index >= 15 is 0 Å². The molecule has 6 heteroatoms. The van der Waals surface area contributed by atoms with Crippen molar-refractivity contribution in [2.75, 3.05) is 13.1 Å². The number of aromatic nitrogens is 4. The molecule has 1 amide bonds. The third kappa shape index (κ3) is 3.49. The Morgan fingerprint density at radius 1 is 1.12 bits per heavy atom. The van der Waals surface area contributed by atoms with Crippen LogP contribution >= 0.6 is 0 Å². The SMILES string of the molecule is O=C(c1ccccn1)N1CCCC(c2nncn2Cc2ccccc2)C1. The van der Waals surface area contributed by atoms with E-state index in [0.29, 0.717) is 12.2 Å². The summed E-state index contributed by atoms with van der Waals surface area (Å²) < 4.78 is 2.09. The molecule has 0 aliphatic carbocycles. The van der Waals surface area contributed by atoms with E-state index in [4.69, 9.17) is 0 Å². The first-order valence-electron chi connectivity index (χ1n) is 8.93. The standard InChI is InChI=1S/C20H21N5O/c26-20(18-10-4-5-11-21-18)24-12-6-9-17(14-24)19-23-22-15-25(19)13-16-7-2-1-3-8-16/h1-5,7-8,10-11,15,17H,6,9,12-14H2. The van der Waals surface area contributed by atoms with Crippen LogP contribution in [0.3, 0.4) is 0 Å². The van der Waals surface area contributed by atoms with Crippen molar-refractivity contribution in [3.63, 3.8) is 0 Å². The zero-order valence-corrected chi connectivity index (χ0v) is 14.5. The van der Waals surface area contributed by atoms with Crippen LogP contribution in [-0.2, 0) is 6.54 Å². The van der Waals surface area contributed by atoms with Gasteiger partial charge in [0.1, 0.15) is 17.8 Å². The van der Waals surface area contributed by atoms with Crippen molar-refractivity contribution in [3.05, 3.63) is 78.1 Å². The number of pyridine rings is 1. The molecule has 0 saturated carbocycles. The van der Waals surface area contributed by atoms with Crippen LogP contribution in [0.25, 0.3) is 0 Å². The second kappa shape index (κ2) is 7.47. The third-order valence-electron chi connectivity index (χ3n) is 4.80. The molecule has 1 atom stereocenters. The summed E-state index contributed by atoms with van der Waals surface area (Å²) in [6.45, 7) is 2.16. The molecule has 0 spiro atoms. The molecule has 1 fully saturated rings. The first-order valence-corrected chi connectivity index (χ1v) is 8.93. The first-order chi connectivity index (χ1) is 12.8. The summed E-state index contributed by atoms with van der Waals surface area (Å²) in [6, 6.07) is 15.7. The van der Waals surface area contributed by atoms with Crippen molar-refractivity contribution < 1.29 is 4.79 Å². The molecule has 26 heavy (non-hydrogen) atoms. The number of likely N-dealkylation sites (tertiary alicyclic amines) is 1. The summed E-state index contributed by atoms with van der Waals surface area (Å²) in [5, 5.41) is 8.48. The minimum Gasteiger partial charge on any atom is -0.337 e. The molecule has 3 aromatic rings. The van der Waals surface area contributed by atoms with E-state index in [-0.39, 0.29) is 11.8 Å². The number of hydrogen-bond donors (Lipinski definition) is 0. The summed E-state index contributed by atoms with van der Waals surface area (Å²) in [7, 11) is 0. The molecule has 2 aromatic heterocycles. The van der Waals surface area contributed by atoms with Crippen LogP contribution in [-0.4, -0.2) is 43.6 Å². The van der Waals surface area contributed by atoms with Gasteiger partial charge in [0, 0.05) is 25.2 Å². The van der Waals surface area contributed by atoms with Gasteiger partial charge in [0.15, 0.2) is 0 Å². The molecule has 1 aromatic carbocycles. The quantitative estimate of drug-likeness (QED) is 0.728. The average molecular weight is 347 g/mol. The summed E-state index contributed by atoms with van der Waals surface area (Å²) in [5.74, 6) is 1.14. The highest BCUT2D eigenvalue weighted by Crippen LogP contribution is 2.26. The summed E-state index contributed by atoms with van der Waals surface area (Å²) in [4.78, 5) is 18.8. The number of carbonyl (C=O) groups is 1. The van der Waals surface area contributed by atoms with Crippen LogP contribution in [0.5, 0.6) is 0 Å². The third-order valence-corrected chi connectivity index (χ3v) is 4.80. The van der Waals surface area contributed by atoms with E-state index < -0.39 is 0 Å². The van der Waals surface area contributed by atoms with Gasteiger partial charge in [-0.3, -0.25) is 9.78 Å². The molecule has 1 unspecified atom stereocenters. The van der Waals surface area contributed by atoms with Crippen LogP contribution in [0.1, 0.15) is 40.6 Å². The van der Waals surface area contributed by atoms with Gasteiger partial charge in [-0.1, -0.05) is 36.4 Å². The molecule has 132 valence electrons. The number of benzene rings is 1. The predicted molar refractivity (Wildman–Crippen MR) is 97.7 cm³/mol. The van der Waals surface area contributed by atoms with Crippen molar-refractivity contribution in [1.29, 1.82) is 0 Å². The highest BCUT2D eigenvalue weighted by Gasteiger charge is 2.28. The lowest BCUT2D eigenvalue weighted by molar-refractivity contribution is 0.0697. The highest BCUT2D eigenvalue weighted by molar-refractivity contribution is 5.92. The van der Waals surface area contributed by atoms with Gasteiger partial charge in [-0.2, -0.15) is 0 Å². The fraction of sp³-hybridized carbons (Fsp3) is 0.300. The van der Waals surface area contributed by atoms with Gasteiger partial charge >= 0.3 is 0 Å².